The van der Waals surface area contributed by atoms with Gasteiger partial charge >= 0.3 is 0 Å². The Bertz CT molecular complexity index is 1080. The van der Waals surface area contributed by atoms with Gasteiger partial charge in [0.2, 0.25) is 6.17 Å². The summed E-state index contributed by atoms with van der Waals surface area (Å²) in [6.45, 7) is 5.74. The molecule has 35 heavy (non-hydrogen) atoms. The van der Waals surface area contributed by atoms with E-state index in [0.29, 0.717) is 15.8 Å². The molecule has 0 spiro atoms. The minimum Gasteiger partial charge on any atom is -0.347 e. The number of aliphatic imine (C=N–C) groups is 1. The second kappa shape index (κ2) is 11.5. The minimum atomic E-state index is -0.827. The Kier molecular flexibility index (Phi) is 8.38. The number of carbonyl (C=O) groups excluding carboxylic acids is 1. The molecule has 0 aliphatic carbocycles. The summed E-state index contributed by atoms with van der Waals surface area (Å²) >= 11 is 12.1. The van der Waals surface area contributed by atoms with E-state index in [-0.39, 0.29) is 5.91 Å². The maximum atomic E-state index is 13.4. The first-order valence-corrected chi connectivity index (χ1v) is 12.8. The second-order valence-corrected chi connectivity index (χ2v) is 10.1. The van der Waals surface area contributed by atoms with Gasteiger partial charge in [0.15, 0.2) is 5.11 Å². The maximum Gasteiger partial charge on any atom is 0.272 e. The highest BCUT2D eigenvalue weighted by atomic mass is 35.5. The average Bonchev–Trinajstić information content (AvgIpc) is 2.95. The van der Waals surface area contributed by atoms with E-state index < -0.39 is 6.17 Å². The third kappa shape index (κ3) is 6.19. The second-order valence-electron chi connectivity index (χ2n) is 9.24. The van der Waals surface area contributed by atoms with Gasteiger partial charge < -0.3 is 20.0 Å². The molecule has 4 rings (SSSR count). The number of thiocarbonyl (C=S) groups is 1. The number of rotatable bonds is 6. The van der Waals surface area contributed by atoms with Crippen molar-refractivity contribution < 1.29 is 4.79 Å². The number of amides is 1. The monoisotopic (exact) mass is 512 g/mol. The number of hydrogen-bond donors (Lipinski definition) is 1. The van der Waals surface area contributed by atoms with Crippen molar-refractivity contribution in [3.8, 4) is 0 Å². The summed E-state index contributed by atoms with van der Waals surface area (Å²) in [6.07, 6.45) is 0.326. The standard InChI is InChI=1S/C26H33ClN6OS/c1-30(2)12-7-13-32-14-16-33(17-15-32)26(35)29-24-25(34)31(3)22-11-10-20(27)18-21(22)23(28-24)19-8-5-4-6-9-19/h4-6,8-11,18,24H,7,12-17H2,1-3H3,(H,29,35). The highest BCUT2D eigenvalue weighted by molar-refractivity contribution is 7.80. The van der Waals surface area contributed by atoms with E-state index in [1.165, 1.54) is 0 Å². The van der Waals surface area contributed by atoms with Crippen LogP contribution in [0.1, 0.15) is 17.5 Å². The van der Waals surface area contributed by atoms with E-state index in [4.69, 9.17) is 28.8 Å². The number of likely N-dealkylation sites (N-methyl/N-ethyl adjacent to an activating group) is 1. The fraction of sp³-hybridized carbons (Fsp3) is 0.423. The van der Waals surface area contributed by atoms with Crippen molar-refractivity contribution in [3.63, 3.8) is 0 Å². The zero-order valence-electron chi connectivity index (χ0n) is 20.6. The topological polar surface area (TPSA) is 54.4 Å². The van der Waals surface area contributed by atoms with Crippen molar-refractivity contribution in [1.82, 2.24) is 20.0 Å². The molecule has 7 nitrogen and oxygen atoms in total. The third-order valence-electron chi connectivity index (χ3n) is 6.44. The molecular formula is C26H33ClN6OS. The molecule has 2 aromatic carbocycles. The summed E-state index contributed by atoms with van der Waals surface area (Å²) in [4.78, 5) is 26.8. The van der Waals surface area contributed by atoms with Crippen LogP contribution in [0.15, 0.2) is 53.5 Å². The van der Waals surface area contributed by atoms with E-state index >= 15 is 0 Å². The summed E-state index contributed by atoms with van der Waals surface area (Å²) in [7, 11) is 5.98. The molecule has 1 atom stereocenters. The van der Waals surface area contributed by atoms with Crippen molar-refractivity contribution in [3.05, 3.63) is 64.7 Å². The maximum absolute atomic E-state index is 13.4. The lowest BCUT2D eigenvalue weighted by Crippen LogP contribution is -2.55. The molecule has 1 saturated heterocycles. The average molecular weight is 513 g/mol. The van der Waals surface area contributed by atoms with Crippen LogP contribution in [0.2, 0.25) is 5.02 Å². The van der Waals surface area contributed by atoms with Crippen molar-refractivity contribution in [2.24, 2.45) is 4.99 Å². The van der Waals surface area contributed by atoms with Gasteiger partial charge in [-0.05, 0) is 64.0 Å². The van der Waals surface area contributed by atoms with Crippen molar-refractivity contribution in [2.75, 3.05) is 65.3 Å². The molecule has 0 radical (unpaired) electrons. The van der Waals surface area contributed by atoms with Gasteiger partial charge in [0.25, 0.3) is 5.91 Å². The first-order valence-electron chi connectivity index (χ1n) is 12.0. The van der Waals surface area contributed by atoms with Crippen LogP contribution in [0.3, 0.4) is 0 Å². The smallest absolute Gasteiger partial charge is 0.272 e. The molecule has 2 aliphatic heterocycles. The van der Waals surface area contributed by atoms with E-state index in [1.807, 2.05) is 42.5 Å². The summed E-state index contributed by atoms with van der Waals surface area (Å²) < 4.78 is 0. The van der Waals surface area contributed by atoms with Gasteiger partial charge in [-0.1, -0.05) is 41.9 Å². The van der Waals surface area contributed by atoms with Crippen molar-refractivity contribution in [2.45, 2.75) is 12.6 Å². The van der Waals surface area contributed by atoms with Crippen molar-refractivity contribution in [1.29, 1.82) is 0 Å². The molecule has 1 unspecified atom stereocenters. The van der Waals surface area contributed by atoms with E-state index in [0.717, 1.165) is 62.5 Å². The molecule has 0 saturated carbocycles. The van der Waals surface area contributed by atoms with Crippen LogP contribution in [0, 0.1) is 0 Å². The number of benzene rings is 2. The molecule has 2 aromatic rings. The Morgan fingerprint density at radius 2 is 1.86 bits per heavy atom. The summed E-state index contributed by atoms with van der Waals surface area (Å²) in [5, 5.41) is 4.41. The molecule has 9 heteroatoms. The van der Waals surface area contributed by atoms with Gasteiger partial charge in [-0.3, -0.25) is 9.69 Å². The largest absolute Gasteiger partial charge is 0.347 e. The van der Waals surface area contributed by atoms with Crippen LogP contribution in [0.25, 0.3) is 0 Å². The molecule has 2 heterocycles. The fourth-order valence-corrected chi connectivity index (χ4v) is 4.93. The van der Waals surface area contributed by atoms with Crippen LogP contribution >= 0.6 is 23.8 Å². The Morgan fingerprint density at radius 3 is 2.54 bits per heavy atom. The number of anilines is 1. The number of nitrogens with one attached hydrogen (secondary N) is 1. The number of nitrogens with zero attached hydrogens (tertiary/aromatic N) is 5. The van der Waals surface area contributed by atoms with Crippen LogP contribution in [0.5, 0.6) is 0 Å². The van der Waals surface area contributed by atoms with Gasteiger partial charge in [-0.25, -0.2) is 4.99 Å². The molecule has 0 bridgehead atoms. The van der Waals surface area contributed by atoms with Gasteiger partial charge in [0, 0.05) is 49.4 Å². The number of halogens is 1. The van der Waals surface area contributed by atoms with E-state index in [9.17, 15) is 4.79 Å². The Morgan fingerprint density at radius 1 is 1.14 bits per heavy atom. The number of fused-ring (bicyclic) bond motifs is 1. The quantitative estimate of drug-likeness (QED) is 0.601. The number of hydrogen-bond acceptors (Lipinski definition) is 5. The van der Waals surface area contributed by atoms with Crippen LogP contribution in [-0.2, 0) is 4.79 Å². The highest BCUT2D eigenvalue weighted by Gasteiger charge is 2.32. The molecule has 1 N–H and O–H groups in total. The molecule has 1 amide bonds. The van der Waals surface area contributed by atoms with E-state index in [2.05, 4.69) is 34.1 Å². The SMILES string of the molecule is CN(C)CCCN1CCN(C(=S)NC2N=C(c3ccccc3)c3cc(Cl)ccc3N(C)C2=O)CC1. The lowest BCUT2D eigenvalue weighted by atomic mass is 10.0. The lowest BCUT2D eigenvalue weighted by molar-refractivity contribution is -0.119. The van der Waals surface area contributed by atoms with Gasteiger partial charge in [-0.15, -0.1) is 0 Å². The molecule has 0 aromatic heterocycles. The van der Waals surface area contributed by atoms with Crippen LogP contribution in [-0.4, -0.2) is 98.0 Å². The first kappa shape index (κ1) is 25.6. The highest BCUT2D eigenvalue weighted by Crippen LogP contribution is 2.30. The number of carbonyl (C=O) groups is 1. The van der Waals surface area contributed by atoms with Crippen molar-refractivity contribution >= 4 is 46.2 Å². The molecule has 1 fully saturated rings. The lowest BCUT2D eigenvalue weighted by Gasteiger charge is -2.37. The van der Waals surface area contributed by atoms with Crippen LogP contribution < -0.4 is 10.2 Å². The molecular weight excluding hydrogens is 480 g/mol. The molecule has 2 aliphatic rings. The summed E-state index contributed by atoms with van der Waals surface area (Å²) in [6, 6.07) is 15.4. The summed E-state index contributed by atoms with van der Waals surface area (Å²) in [5.41, 5.74) is 3.22. The number of benzodiazepines with no additional fused rings is 1. The molecule has 186 valence electrons. The summed E-state index contributed by atoms with van der Waals surface area (Å²) in [5.74, 6) is -0.163. The third-order valence-corrected chi connectivity index (χ3v) is 7.06. The minimum absolute atomic E-state index is 0.163. The fourth-order valence-electron chi connectivity index (χ4n) is 4.46. The van der Waals surface area contributed by atoms with E-state index in [1.54, 1.807) is 18.0 Å². The zero-order valence-corrected chi connectivity index (χ0v) is 22.1. The first-order chi connectivity index (χ1) is 16.8. The van der Waals surface area contributed by atoms with Gasteiger partial charge in [-0.2, -0.15) is 0 Å². The Labute approximate surface area is 218 Å². The predicted octanol–water partition coefficient (Wildman–Crippen LogP) is 2.92. The Balaban J connectivity index is 1.51. The van der Waals surface area contributed by atoms with Gasteiger partial charge in [0.1, 0.15) is 0 Å². The normalized spacial score (nSPS) is 18.8. The predicted molar refractivity (Wildman–Crippen MR) is 148 cm³/mol. The zero-order chi connectivity index (χ0) is 24.9. The Hall–Kier alpha value is -2.52. The number of piperazine rings is 1. The van der Waals surface area contributed by atoms with Gasteiger partial charge in [0.05, 0.1) is 11.4 Å². The van der Waals surface area contributed by atoms with Crippen LogP contribution in [0.4, 0.5) is 5.69 Å².